The molecule has 71 heavy (non-hydrogen) atoms. The molecule has 0 fully saturated rings. The van der Waals surface area contributed by atoms with Crippen LogP contribution in [0, 0.1) is 5.92 Å². The quantitative estimate of drug-likeness (QED) is 0.160. The van der Waals surface area contributed by atoms with Crippen molar-refractivity contribution in [1.29, 1.82) is 0 Å². The van der Waals surface area contributed by atoms with Crippen LogP contribution in [0.15, 0.2) is 212 Å². The van der Waals surface area contributed by atoms with Crippen LogP contribution in [0.5, 0.6) is 0 Å². The van der Waals surface area contributed by atoms with E-state index in [1.807, 2.05) is 24.3 Å². The molecule has 0 radical (unpaired) electrons. The lowest BCUT2D eigenvalue weighted by molar-refractivity contribution is 0.234. The Labute approximate surface area is 414 Å². The number of aromatic nitrogens is 5. The summed E-state index contributed by atoms with van der Waals surface area (Å²) in [6.45, 7) is 12.1. The summed E-state index contributed by atoms with van der Waals surface area (Å²) >= 11 is 0. The van der Waals surface area contributed by atoms with Gasteiger partial charge in [-0.3, -0.25) is 4.57 Å². The van der Waals surface area contributed by atoms with Crippen molar-refractivity contribution in [2.45, 2.75) is 51.9 Å². The first kappa shape index (κ1) is 42.7. The van der Waals surface area contributed by atoms with Crippen LogP contribution >= 0.6 is 0 Å². The molecule has 0 N–H and O–H groups in total. The highest BCUT2D eigenvalue weighted by atomic mass is 15.2. The van der Waals surface area contributed by atoms with Crippen molar-refractivity contribution in [3.8, 4) is 67.8 Å². The highest BCUT2D eigenvalue weighted by Gasteiger charge is 2.43. The molecule has 0 aliphatic heterocycles. The van der Waals surface area contributed by atoms with Crippen LogP contribution in [-0.4, -0.2) is 24.1 Å². The average Bonchev–Trinajstić information content (AvgIpc) is 3.94. The highest BCUT2D eigenvalue weighted by Crippen LogP contribution is 2.52. The van der Waals surface area contributed by atoms with E-state index in [0.717, 1.165) is 49.8 Å². The second-order valence-corrected chi connectivity index (χ2v) is 20.7. The lowest BCUT2D eigenvalue weighted by atomic mass is 9.57. The second-order valence-electron chi connectivity index (χ2n) is 20.7. The number of benzene rings is 9. The zero-order valence-electron chi connectivity index (χ0n) is 40.7. The molecule has 12 aromatic rings. The van der Waals surface area contributed by atoms with Crippen LogP contribution in [0.25, 0.3) is 111 Å². The summed E-state index contributed by atoms with van der Waals surface area (Å²) in [7, 11) is 0. The SMILES string of the molecule is CC1CC(C)(C)c2c(-c3cccc(-c4ccc(-n5c6ccccc6c6c7c8ccccc8n(-c8nc(-c9ccccc9)nc(-c9ccc(-c%10ccccc%10)cc9)n8)c7ccc65)cc4)c3)cccc2C1(C)C. The largest absolute Gasteiger partial charge is 0.309 e. The summed E-state index contributed by atoms with van der Waals surface area (Å²) in [5, 5.41) is 4.70. The van der Waals surface area contributed by atoms with Gasteiger partial charge in [-0.1, -0.05) is 204 Å². The molecular weight excluding hydrogens is 863 g/mol. The van der Waals surface area contributed by atoms with Crippen molar-refractivity contribution < 1.29 is 0 Å². The van der Waals surface area contributed by atoms with E-state index in [2.05, 4.69) is 232 Å². The molecular formula is C66H53N5. The number of para-hydroxylation sites is 2. The molecule has 342 valence electrons. The minimum atomic E-state index is 0.0835. The summed E-state index contributed by atoms with van der Waals surface area (Å²) < 4.78 is 4.65. The summed E-state index contributed by atoms with van der Waals surface area (Å²) in [6, 6.07) is 76.4. The van der Waals surface area contributed by atoms with E-state index < -0.39 is 0 Å². The van der Waals surface area contributed by atoms with Crippen LogP contribution in [0.4, 0.5) is 0 Å². The van der Waals surface area contributed by atoms with Gasteiger partial charge in [0.15, 0.2) is 11.6 Å². The number of hydrogen-bond acceptors (Lipinski definition) is 3. The van der Waals surface area contributed by atoms with E-state index in [9.17, 15) is 0 Å². The first-order chi connectivity index (χ1) is 34.6. The fourth-order valence-corrected chi connectivity index (χ4v) is 11.9. The Balaban J connectivity index is 0.939. The molecule has 1 aliphatic rings. The maximum atomic E-state index is 5.29. The minimum Gasteiger partial charge on any atom is -0.309 e. The maximum Gasteiger partial charge on any atom is 0.238 e. The van der Waals surface area contributed by atoms with Crippen LogP contribution in [0.1, 0.15) is 52.2 Å². The van der Waals surface area contributed by atoms with Crippen molar-refractivity contribution in [3.63, 3.8) is 0 Å². The minimum absolute atomic E-state index is 0.0835. The lowest BCUT2D eigenvalue weighted by Gasteiger charge is -2.47. The zero-order valence-corrected chi connectivity index (χ0v) is 40.7. The predicted molar refractivity (Wildman–Crippen MR) is 296 cm³/mol. The first-order valence-electron chi connectivity index (χ1n) is 24.9. The normalized spacial score (nSPS) is 15.1. The van der Waals surface area contributed by atoms with Gasteiger partial charge in [0, 0.05) is 38.4 Å². The van der Waals surface area contributed by atoms with Crippen molar-refractivity contribution in [2.75, 3.05) is 0 Å². The van der Waals surface area contributed by atoms with Gasteiger partial charge < -0.3 is 4.57 Å². The van der Waals surface area contributed by atoms with E-state index in [-0.39, 0.29) is 10.8 Å². The number of nitrogens with zero attached hydrogens (tertiary/aromatic N) is 5. The Hall–Kier alpha value is -8.41. The third-order valence-electron chi connectivity index (χ3n) is 15.7. The van der Waals surface area contributed by atoms with Crippen LogP contribution in [0.2, 0.25) is 0 Å². The van der Waals surface area contributed by atoms with Crippen molar-refractivity contribution in [2.24, 2.45) is 5.92 Å². The highest BCUT2D eigenvalue weighted by molar-refractivity contribution is 6.28. The Kier molecular flexibility index (Phi) is 9.83. The van der Waals surface area contributed by atoms with E-state index in [0.29, 0.717) is 23.5 Å². The molecule has 0 saturated carbocycles. The number of hydrogen-bond donors (Lipinski definition) is 0. The van der Waals surface area contributed by atoms with Crippen LogP contribution < -0.4 is 0 Å². The molecule has 1 atom stereocenters. The van der Waals surface area contributed by atoms with Gasteiger partial charge >= 0.3 is 0 Å². The molecule has 0 saturated heterocycles. The van der Waals surface area contributed by atoms with Crippen LogP contribution in [0.3, 0.4) is 0 Å². The summed E-state index contributed by atoms with van der Waals surface area (Å²) in [5.74, 6) is 2.42. The number of fused-ring (bicyclic) bond motifs is 8. The third-order valence-corrected chi connectivity index (χ3v) is 15.7. The van der Waals surface area contributed by atoms with Gasteiger partial charge in [-0.05, 0) is 110 Å². The zero-order chi connectivity index (χ0) is 48.0. The number of rotatable bonds is 7. The monoisotopic (exact) mass is 915 g/mol. The first-order valence-corrected chi connectivity index (χ1v) is 24.9. The van der Waals surface area contributed by atoms with Gasteiger partial charge in [-0.15, -0.1) is 0 Å². The van der Waals surface area contributed by atoms with E-state index in [1.165, 1.54) is 61.5 Å². The topological polar surface area (TPSA) is 48.5 Å². The average molecular weight is 916 g/mol. The van der Waals surface area contributed by atoms with Crippen LogP contribution in [-0.2, 0) is 10.8 Å². The molecule has 3 heterocycles. The van der Waals surface area contributed by atoms with Gasteiger partial charge in [-0.25, -0.2) is 4.98 Å². The summed E-state index contributed by atoms with van der Waals surface area (Å²) in [5.41, 5.74) is 17.9. The molecule has 1 aliphatic carbocycles. The molecule has 9 aromatic carbocycles. The summed E-state index contributed by atoms with van der Waals surface area (Å²) in [6.07, 6.45) is 1.17. The molecule has 13 rings (SSSR count). The fourth-order valence-electron chi connectivity index (χ4n) is 11.9. The van der Waals surface area contributed by atoms with Gasteiger partial charge in [0.2, 0.25) is 5.95 Å². The van der Waals surface area contributed by atoms with E-state index >= 15 is 0 Å². The Morgan fingerprint density at radius 2 is 0.887 bits per heavy atom. The van der Waals surface area contributed by atoms with Gasteiger partial charge in [0.05, 0.1) is 22.1 Å². The predicted octanol–water partition coefficient (Wildman–Crippen LogP) is 17.0. The molecule has 5 nitrogen and oxygen atoms in total. The summed E-state index contributed by atoms with van der Waals surface area (Å²) in [4.78, 5) is 15.7. The van der Waals surface area contributed by atoms with Gasteiger partial charge in [0.1, 0.15) is 0 Å². The Morgan fingerprint density at radius 1 is 0.408 bits per heavy atom. The maximum absolute atomic E-state index is 5.29. The standard InChI is InChI=1S/C66H53N5/c1-42-41-65(2,3)61-51(26-17-27-54(61)66(42,4)5)49-23-16-22-48(40-49)45-34-36-50(37-35-45)70-55-28-14-12-24-52(55)59-57(70)38-39-58-60(59)53-25-13-15-29-56(53)71(58)64-68-62(46-20-10-7-11-21-46)67-63(69-64)47-32-30-44(31-33-47)43-18-8-6-9-19-43/h6-40,42H,41H2,1-5H3. The smallest absolute Gasteiger partial charge is 0.238 e. The molecule has 0 spiro atoms. The lowest BCUT2D eigenvalue weighted by Crippen LogP contribution is -2.40. The van der Waals surface area contributed by atoms with Crippen molar-refractivity contribution in [3.05, 3.63) is 223 Å². The second kappa shape index (κ2) is 16.4. The van der Waals surface area contributed by atoms with E-state index in [4.69, 9.17) is 15.0 Å². The Morgan fingerprint density at radius 3 is 1.55 bits per heavy atom. The van der Waals surface area contributed by atoms with E-state index in [1.54, 1.807) is 0 Å². The molecule has 0 amide bonds. The fraction of sp³-hybridized carbons (Fsp3) is 0.136. The van der Waals surface area contributed by atoms with Crippen molar-refractivity contribution in [1.82, 2.24) is 24.1 Å². The van der Waals surface area contributed by atoms with Gasteiger partial charge in [-0.2, -0.15) is 9.97 Å². The van der Waals surface area contributed by atoms with Crippen molar-refractivity contribution >= 4 is 43.6 Å². The third kappa shape index (κ3) is 6.93. The molecule has 5 heteroatoms. The molecule has 0 bridgehead atoms. The van der Waals surface area contributed by atoms with Gasteiger partial charge in [0.25, 0.3) is 0 Å². The Bertz CT molecular complexity index is 4010. The molecule has 1 unspecified atom stereocenters. The molecule has 3 aromatic heterocycles.